The van der Waals surface area contributed by atoms with Gasteiger partial charge in [-0.15, -0.1) is 0 Å². The number of fused-ring (bicyclic) bond motifs is 1. The maximum absolute atomic E-state index is 12.1. The number of rotatable bonds is 3. The number of hydrogen-bond acceptors (Lipinski definition) is 3. The average Bonchev–Trinajstić information content (AvgIpc) is 3.23. The molecule has 5 heteroatoms. The molecule has 0 atom stereocenters. The number of nitriles is 1. The van der Waals surface area contributed by atoms with Crippen molar-refractivity contribution < 1.29 is 9.90 Å². The van der Waals surface area contributed by atoms with Gasteiger partial charge in [-0.05, 0) is 42.5 Å². The Morgan fingerprint density at radius 3 is 2.80 bits per heavy atom. The summed E-state index contributed by atoms with van der Waals surface area (Å²) in [5.41, 5.74) is 1.95. The van der Waals surface area contributed by atoms with Crippen molar-refractivity contribution in [2.24, 2.45) is 0 Å². The van der Waals surface area contributed by atoms with Crippen molar-refractivity contribution in [3.63, 3.8) is 0 Å². The molecule has 2 N–H and O–H groups in total. The van der Waals surface area contributed by atoms with Gasteiger partial charge in [0.25, 0.3) is 5.56 Å². The summed E-state index contributed by atoms with van der Waals surface area (Å²) in [6.07, 6.45) is 1.64. The van der Waals surface area contributed by atoms with Crippen molar-refractivity contribution in [3.05, 3.63) is 45.2 Å². The van der Waals surface area contributed by atoms with Crippen LogP contribution in [0.4, 0.5) is 0 Å². The first-order valence-corrected chi connectivity index (χ1v) is 6.41. The summed E-state index contributed by atoms with van der Waals surface area (Å²) in [4.78, 5) is 25.8. The molecule has 0 aliphatic heterocycles. The first kappa shape index (κ1) is 12.4. The van der Waals surface area contributed by atoms with Crippen LogP contribution in [0.1, 0.15) is 35.4 Å². The molecule has 20 heavy (non-hydrogen) atoms. The maximum atomic E-state index is 12.1. The molecule has 1 heterocycles. The maximum Gasteiger partial charge on any atom is 0.308 e. The van der Waals surface area contributed by atoms with Crippen molar-refractivity contribution in [2.45, 2.75) is 25.2 Å². The molecule has 1 saturated carbocycles. The summed E-state index contributed by atoms with van der Waals surface area (Å²) >= 11 is 0. The second-order valence-electron chi connectivity index (χ2n) is 5.06. The number of aliphatic carboxylic acids is 1. The van der Waals surface area contributed by atoms with Gasteiger partial charge in [-0.3, -0.25) is 9.59 Å². The highest BCUT2D eigenvalue weighted by Gasteiger charge is 2.30. The lowest BCUT2D eigenvalue weighted by atomic mass is 9.96. The molecule has 1 aromatic heterocycles. The van der Waals surface area contributed by atoms with Crippen LogP contribution in [-0.2, 0) is 11.2 Å². The molecule has 0 radical (unpaired) electrons. The van der Waals surface area contributed by atoms with Gasteiger partial charge < -0.3 is 10.1 Å². The molecule has 1 aliphatic rings. The molecule has 0 unspecified atom stereocenters. The van der Waals surface area contributed by atoms with E-state index in [-0.39, 0.29) is 17.9 Å². The van der Waals surface area contributed by atoms with E-state index in [1.165, 1.54) is 0 Å². The van der Waals surface area contributed by atoms with Crippen molar-refractivity contribution in [2.75, 3.05) is 0 Å². The van der Waals surface area contributed by atoms with Crippen LogP contribution >= 0.6 is 0 Å². The van der Waals surface area contributed by atoms with Crippen LogP contribution in [0, 0.1) is 11.3 Å². The minimum atomic E-state index is -1.02. The minimum Gasteiger partial charge on any atom is -0.481 e. The Balaban J connectivity index is 2.35. The molecule has 5 nitrogen and oxygen atoms in total. The zero-order chi connectivity index (χ0) is 14.3. The number of carboxylic acid groups (broad SMARTS) is 1. The molecule has 1 fully saturated rings. The van der Waals surface area contributed by atoms with Crippen LogP contribution in [0.2, 0.25) is 0 Å². The minimum absolute atomic E-state index is 0.239. The zero-order valence-corrected chi connectivity index (χ0v) is 10.6. The van der Waals surface area contributed by atoms with Gasteiger partial charge in [-0.1, -0.05) is 0 Å². The predicted molar refractivity (Wildman–Crippen MR) is 72.6 cm³/mol. The van der Waals surface area contributed by atoms with Gasteiger partial charge in [0.1, 0.15) is 0 Å². The number of aromatic amines is 1. The number of hydrogen-bond donors (Lipinski definition) is 2. The molecule has 0 saturated heterocycles. The van der Waals surface area contributed by atoms with Gasteiger partial charge in [0.05, 0.1) is 18.1 Å². The first-order chi connectivity index (χ1) is 9.60. The van der Waals surface area contributed by atoms with Crippen LogP contribution < -0.4 is 5.56 Å². The largest absolute Gasteiger partial charge is 0.481 e. The molecular weight excluding hydrogens is 256 g/mol. The molecule has 0 spiro atoms. The lowest BCUT2D eigenvalue weighted by molar-refractivity contribution is -0.136. The third kappa shape index (κ3) is 2.05. The normalized spacial score (nSPS) is 14.2. The molecule has 100 valence electrons. The Hall–Kier alpha value is -2.61. The van der Waals surface area contributed by atoms with Gasteiger partial charge >= 0.3 is 5.97 Å². The molecular formula is C15H12N2O3. The Bertz CT molecular complexity index is 810. The summed E-state index contributed by atoms with van der Waals surface area (Å²) in [5, 5.41) is 18.8. The number of nitrogens with zero attached hydrogens (tertiary/aromatic N) is 1. The number of benzene rings is 1. The van der Waals surface area contributed by atoms with Gasteiger partial charge in [-0.25, -0.2) is 0 Å². The van der Waals surface area contributed by atoms with E-state index in [4.69, 9.17) is 10.4 Å². The van der Waals surface area contributed by atoms with Crippen molar-refractivity contribution in [3.8, 4) is 6.07 Å². The highest BCUT2D eigenvalue weighted by Crippen LogP contribution is 2.44. The second-order valence-corrected chi connectivity index (χ2v) is 5.06. The fraction of sp³-hybridized carbons (Fsp3) is 0.267. The van der Waals surface area contributed by atoms with Crippen LogP contribution in [0.5, 0.6) is 0 Å². The Morgan fingerprint density at radius 1 is 1.45 bits per heavy atom. The van der Waals surface area contributed by atoms with E-state index < -0.39 is 5.97 Å². The second kappa shape index (κ2) is 4.49. The highest BCUT2D eigenvalue weighted by molar-refractivity contribution is 5.86. The van der Waals surface area contributed by atoms with Crippen molar-refractivity contribution in [1.82, 2.24) is 4.98 Å². The highest BCUT2D eigenvalue weighted by atomic mass is 16.4. The number of aromatic nitrogens is 1. The SMILES string of the molecule is N#Cc1ccc2[nH]c(=O)c(CC(=O)O)c(C3CC3)c2c1. The monoisotopic (exact) mass is 268 g/mol. The van der Waals surface area contributed by atoms with Crippen LogP contribution in [-0.4, -0.2) is 16.1 Å². The average molecular weight is 268 g/mol. The topological polar surface area (TPSA) is 94.0 Å². The van der Waals surface area contributed by atoms with Gasteiger partial charge in [-0.2, -0.15) is 5.26 Å². The zero-order valence-electron chi connectivity index (χ0n) is 10.6. The van der Waals surface area contributed by atoms with Crippen molar-refractivity contribution in [1.29, 1.82) is 5.26 Å². The number of pyridine rings is 1. The first-order valence-electron chi connectivity index (χ1n) is 6.41. The summed E-state index contributed by atoms with van der Waals surface area (Å²) in [6.45, 7) is 0. The van der Waals surface area contributed by atoms with E-state index in [1.807, 2.05) is 0 Å². The van der Waals surface area contributed by atoms with E-state index in [0.717, 1.165) is 23.8 Å². The molecule has 0 amide bonds. The summed E-state index contributed by atoms with van der Waals surface area (Å²) in [7, 11) is 0. The lowest BCUT2D eigenvalue weighted by Crippen LogP contribution is -2.19. The molecule has 0 bridgehead atoms. The van der Waals surface area contributed by atoms with Crippen LogP contribution in [0.3, 0.4) is 0 Å². The molecule has 2 aromatic rings. The van der Waals surface area contributed by atoms with E-state index in [2.05, 4.69) is 11.1 Å². The van der Waals surface area contributed by atoms with E-state index in [9.17, 15) is 9.59 Å². The summed E-state index contributed by atoms with van der Waals surface area (Å²) < 4.78 is 0. The van der Waals surface area contributed by atoms with Gasteiger partial charge in [0, 0.05) is 16.5 Å². The van der Waals surface area contributed by atoms with Crippen molar-refractivity contribution >= 4 is 16.9 Å². The lowest BCUT2D eigenvalue weighted by Gasteiger charge is -2.10. The number of nitrogens with one attached hydrogen (secondary N) is 1. The fourth-order valence-electron chi connectivity index (χ4n) is 2.59. The number of H-pyrrole nitrogens is 1. The summed E-state index contributed by atoms with van der Waals surface area (Å²) in [6, 6.07) is 7.14. The Kier molecular flexibility index (Phi) is 2.79. The fourth-order valence-corrected chi connectivity index (χ4v) is 2.59. The van der Waals surface area contributed by atoms with Gasteiger partial charge in [0.2, 0.25) is 0 Å². The van der Waals surface area contributed by atoms with E-state index in [0.29, 0.717) is 16.6 Å². The summed E-state index contributed by atoms with van der Waals surface area (Å²) in [5.74, 6) is -0.781. The Morgan fingerprint density at radius 2 is 2.20 bits per heavy atom. The third-order valence-electron chi connectivity index (χ3n) is 3.60. The predicted octanol–water partition coefficient (Wildman–Crippen LogP) is 1.90. The number of carboxylic acids is 1. The molecule has 1 aliphatic carbocycles. The number of carbonyl (C=O) groups is 1. The standard InChI is InChI=1S/C15H12N2O3/c16-7-8-1-4-12-10(5-8)14(9-2-3-9)11(6-13(18)19)15(20)17-12/h1,4-5,9H,2-3,6H2,(H,17,20)(H,18,19). The smallest absolute Gasteiger partial charge is 0.308 e. The molecule has 1 aromatic carbocycles. The van der Waals surface area contributed by atoms with E-state index >= 15 is 0 Å². The quantitative estimate of drug-likeness (QED) is 0.889. The van der Waals surface area contributed by atoms with Gasteiger partial charge in [0.15, 0.2) is 0 Å². The van der Waals surface area contributed by atoms with Crippen LogP contribution in [0.15, 0.2) is 23.0 Å². The van der Waals surface area contributed by atoms with E-state index in [1.54, 1.807) is 18.2 Å². The third-order valence-corrected chi connectivity index (χ3v) is 3.60. The van der Waals surface area contributed by atoms with Crippen LogP contribution in [0.25, 0.3) is 10.9 Å². The Labute approximate surface area is 114 Å². The molecule has 3 rings (SSSR count).